The van der Waals surface area contributed by atoms with Crippen molar-refractivity contribution in [3.63, 3.8) is 0 Å². The molecule has 77 valence electrons. The van der Waals surface area contributed by atoms with Crippen LogP contribution in [0.3, 0.4) is 0 Å². The average molecular weight is 209 g/mol. The number of hydrogen-bond acceptors (Lipinski definition) is 2. The fourth-order valence-electron chi connectivity index (χ4n) is 1.98. The Morgan fingerprint density at radius 1 is 1.31 bits per heavy atom. The highest BCUT2D eigenvalue weighted by atomic mass is 16.1. The van der Waals surface area contributed by atoms with Crippen molar-refractivity contribution in [2.45, 2.75) is 12.7 Å². The zero-order chi connectivity index (χ0) is 11.0. The molecular weight excluding hydrogens is 199 g/mol. The van der Waals surface area contributed by atoms with E-state index in [1.165, 1.54) is 5.56 Å². The standard InChI is InChI=1S/C12H10BN2O/c16-12-9-7-13-11(9)10(14-15-12)6-8-4-2-1-3-5-8/h1-5H,6-7H2,(H,15,16). The molecule has 0 saturated carbocycles. The molecule has 1 N–H and O–H groups in total. The molecule has 0 fully saturated rings. The van der Waals surface area contributed by atoms with Gasteiger partial charge in [-0.05, 0) is 11.9 Å². The molecule has 1 radical (unpaired) electrons. The van der Waals surface area contributed by atoms with Gasteiger partial charge in [-0.3, -0.25) is 4.79 Å². The summed E-state index contributed by atoms with van der Waals surface area (Å²) in [5.41, 5.74) is 4.04. The van der Waals surface area contributed by atoms with E-state index >= 15 is 0 Å². The van der Waals surface area contributed by atoms with Crippen LogP contribution in [0, 0.1) is 0 Å². The van der Waals surface area contributed by atoms with Crippen LogP contribution in [0.15, 0.2) is 35.1 Å². The summed E-state index contributed by atoms with van der Waals surface area (Å²) in [6.45, 7) is 0. The van der Waals surface area contributed by atoms with Crippen molar-refractivity contribution in [1.29, 1.82) is 0 Å². The van der Waals surface area contributed by atoms with E-state index in [2.05, 4.69) is 29.6 Å². The maximum atomic E-state index is 11.4. The van der Waals surface area contributed by atoms with Gasteiger partial charge in [0.25, 0.3) is 5.56 Å². The quantitative estimate of drug-likeness (QED) is 0.718. The van der Waals surface area contributed by atoms with Crippen molar-refractivity contribution in [3.8, 4) is 0 Å². The Morgan fingerprint density at radius 2 is 2.12 bits per heavy atom. The first kappa shape index (κ1) is 9.40. The Balaban J connectivity index is 1.97. The van der Waals surface area contributed by atoms with E-state index in [4.69, 9.17) is 0 Å². The minimum Gasteiger partial charge on any atom is -0.268 e. The molecular formula is C12H10BN2O. The van der Waals surface area contributed by atoms with Gasteiger partial charge in [-0.25, -0.2) is 5.10 Å². The molecule has 3 nitrogen and oxygen atoms in total. The van der Waals surface area contributed by atoms with E-state index < -0.39 is 0 Å². The maximum Gasteiger partial charge on any atom is 0.266 e. The molecule has 2 heterocycles. The monoisotopic (exact) mass is 209 g/mol. The van der Waals surface area contributed by atoms with Crippen molar-refractivity contribution >= 4 is 12.7 Å². The van der Waals surface area contributed by atoms with Gasteiger partial charge >= 0.3 is 0 Å². The molecule has 0 atom stereocenters. The molecule has 1 aliphatic rings. The summed E-state index contributed by atoms with van der Waals surface area (Å²) in [5.74, 6) is 0. The average Bonchev–Trinajstić information content (AvgIpc) is 2.24. The Labute approximate surface area is 93.8 Å². The van der Waals surface area contributed by atoms with Crippen molar-refractivity contribution in [2.24, 2.45) is 0 Å². The molecule has 16 heavy (non-hydrogen) atoms. The number of rotatable bonds is 2. The van der Waals surface area contributed by atoms with Gasteiger partial charge in [0, 0.05) is 12.0 Å². The third kappa shape index (κ3) is 1.47. The number of benzene rings is 1. The second-order valence-corrected chi connectivity index (χ2v) is 3.96. The first-order chi connectivity index (χ1) is 7.84. The zero-order valence-electron chi connectivity index (χ0n) is 8.73. The fraction of sp³-hybridized carbons (Fsp3) is 0.167. The molecule has 2 aromatic rings. The summed E-state index contributed by atoms with van der Waals surface area (Å²) < 4.78 is 0. The van der Waals surface area contributed by atoms with E-state index in [0.29, 0.717) is 0 Å². The van der Waals surface area contributed by atoms with E-state index in [9.17, 15) is 4.79 Å². The van der Waals surface area contributed by atoms with Gasteiger partial charge in [0.05, 0.1) is 5.69 Å². The van der Waals surface area contributed by atoms with Crippen LogP contribution in [-0.4, -0.2) is 17.5 Å². The van der Waals surface area contributed by atoms with Crippen LogP contribution in [0.1, 0.15) is 16.8 Å². The maximum absolute atomic E-state index is 11.4. The fourth-order valence-corrected chi connectivity index (χ4v) is 1.98. The number of aromatic nitrogens is 2. The summed E-state index contributed by atoms with van der Waals surface area (Å²) in [5, 5.41) is 6.67. The predicted molar refractivity (Wildman–Crippen MR) is 63.2 cm³/mol. The Bertz CT molecular complexity index is 577. The first-order valence-corrected chi connectivity index (χ1v) is 5.32. The summed E-state index contributed by atoms with van der Waals surface area (Å²) >= 11 is 0. The summed E-state index contributed by atoms with van der Waals surface area (Å²) in [6, 6.07) is 10.2. The van der Waals surface area contributed by atoms with Gasteiger partial charge in [-0.15, -0.1) is 0 Å². The number of nitrogens with zero attached hydrogens (tertiary/aromatic N) is 1. The molecule has 0 spiro atoms. The van der Waals surface area contributed by atoms with Gasteiger partial charge in [0.1, 0.15) is 0 Å². The molecule has 1 aliphatic heterocycles. The number of nitrogens with one attached hydrogen (secondary N) is 1. The van der Waals surface area contributed by atoms with Crippen LogP contribution in [0.4, 0.5) is 0 Å². The van der Waals surface area contributed by atoms with Gasteiger partial charge < -0.3 is 0 Å². The lowest BCUT2D eigenvalue weighted by Gasteiger charge is -2.19. The highest BCUT2D eigenvalue weighted by Gasteiger charge is 2.22. The SMILES string of the molecule is O=c1[nH]nc(Cc2ccccc2)c2c1C[B]2. The topological polar surface area (TPSA) is 45.8 Å². The molecule has 1 aromatic heterocycles. The van der Waals surface area contributed by atoms with Crippen LogP contribution in [-0.2, 0) is 12.7 Å². The third-order valence-electron chi connectivity index (χ3n) is 2.93. The normalized spacial score (nSPS) is 12.5. The van der Waals surface area contributed by atoms with Crippen LogP contribution in [0.5, 0.6) is 0 Å². The smallest absolute Gasteiger partial charge is 0.266 e. The van der Waals surface area contributed by atoms with Crippen molar-refractivity contribution in [3.05, 3.63) is 57.5 Å². The predicted octanol–water partition coefficient (Wildman–Crippen LogP) is 0.204. The number of aromatic amines is 1. The minimum atomic E-state index is -0.0469. The summed E-state index contributed by atoms with van der Waals surface area (Å²) in [4.78, 5) is 11.4. The Morgan fingerprint density at radius 3 is 2.81 bits per heavy atom. The summed E-state index contributed by atoms with van der Waals surface area (Å²) in [6.07, 6.45) is 1.55. The molecule has 0 amide bonds. The largest absolute Gasteiger partial charge is 0.268 e. The van der Waals surface area contributed by atoms with Crippen LogP contribution < -0.4 is 11.0 Å². The molecule has 3 rings (SSSR count). The van der Waals surface area contributed by atoms with E-state index in [1.807, 2.05) is 18.2 Å². The second kappa shape index (κ2) is 3.63. The van der Waals surface area contributed by atoms with Crippen molar-refractivity contribution < 1.29 is 0 Å². The molecule has 0 aliphatic carbocycles. The molecule has 0 bridgehead atoms. The number of fused-ring (bicyclic) bond motifs is 1. The first-order valence-electron chi connectivity index (χ1n) is 5.32. The highest BCUT2D eigenvalue weighted by molar-refractivity contribution is 6.59. The Kier molecular flexibility index (Phi) is 2.13. The molecule has 4 heteroatoms. The lowest BCUT2D eigenvalue weighted by Crippen LogP contribution is -2.44. The van der Waals surface area contributed by atoms with Crippen molar-refractivity contribution in [2.75, 3.05) is 0 Å². The molecule has 0 unspecified atom stereocenters. The minimum absolute atomic E-state index is 0.0469. The second-order valence-electron chi connectivity index (χ2n) is 3.96. The number of hydrogen-bond donors (Lipinski definition) is 1. The summed E-state index contributed by atoms with van der Waals surface area (Å²) in [7, 11) is 2.07. The number of H-pyrrole nitrogens is 1. The van der Waals surface area contributed by atoms with E-state index in [-0.39, 0.29) is 5.56 Å². The lowest BCUT2D eigenvalue weighted by molar-refractivity contribution is 0.896. The third-order valence-corrected chi connectivity index (χ3v) is 2.93. The molecule has 1 aromatic carbocycles. The molecule has 0 saturated heterocycles. The van der Waals surface area contributed by atoms with Gasteiger partial charge in [0.15, 0.2) is 7.28 Å². The van der Waals surface area contributed by atoms with Crippen LogP contribution in [0.2, 0.25) is 0 Å². The van der Waals surface area contributed by atoms with Crippen LogP contribution in [0.25, 0.3) is 0 Å². The van der Waals surface area contributed by atoms with Crippen LogP contribution >= 0.6 is 0 Å². The van der Waals surface area contributed by atoms with E-state index in [1.54, 1.807) is 0 Å². The van der Waals surface area contributed by atoms with E-state index in [0.717, 1.165) is 29.5 Å². The highest BCUT2D eigenvalue weighted by Crippen LogP contribution is 2.08. The van der Waals surface area contributed by atoms with Crippen molar-refractivity contribution in [1.82, 2.24) is 10.2 Å². The Hall–Kier alpha value is -1.84. The van der Waals surface area contributed by atoms with Gasteiger partial charge in [-0.1, -0.05) is 35.8 Å². The van der Waals surface area contributed by atoms with Gasteiger partial charge in [-0.2, -0.15) is 5.10 Å². The lowest BCUT2D eigenvalue weighted by atomic mass is 9.52. The van der Waals surface area contributed by atoms with Gasteiger partial charge in [0.2, 0.25) is 0 Å². The zero-order valence-corrected chi connectivity index (χ0v) is 8.73.